The van der Waals surface area contributed by atoms with Crippen LogP contribution in [0.2, 0.25) is 0 Å². The van der Waals surface area contributed by atoms with Gasteiger partial charge in [0.15, 0.2) is 0 Å². The topological polar surface area (TPSA) is 29.5 Å². The van der Waals surface area contributed by atoms with Crippen LogP contribution < -0.4 is 4.74 Å². The van der Waals surface area contributed by atoms with E-state index in [9.17, 15) is 4.79 Å². The minimum Gasteiger partial charge on any atom is -0.494 e. The van der Waals surface area contributed by atoms with E-state index >= 15 is 0 Å². The van der Waals surface area contributed by atoms with E-state index in [0.29, 0.717) is 13.2 Å². The lowest BCUT2D eigenvalue weighted by Gasteiger charge is -2.17. The van der Waals surface area contributed by atoms with E-state index in [0.717, 1.165) is 26.5 Å². The summed E-state index contributed by atoms with van der Waals surface area (Å²) >= 11 is 1.57. The number of benzene rings is 2. The first kappa shape index (κ1) is 16.5. The molecule has 4 heteroatoms. The molecule has 24 heavy (non-hydrogen) atoms. The van der Waals surface area contributed by atoms with Crippen LogP contribution in [0, 0.1) is 6.92 Å². The molecule has 3 rings (SSSR count). The average molecular weight is 339 g/mol. The van der Waals surface area contributed by atoms with Crippen molar-refractivity contribution in [3.8, 4) is 5.75 Å². The third-order valence-corrected chi connectivity index (χ3v) is 5.30. The number of carbonyl (C=O) groups is 1. The third kappa shape index (κ3) is 3.29. The van der Waals surface area contributed by atoms with Gasteiger partial charge in [0.25, 0.3) is 5.91 Å². The molecule has 0 atom stereocenters. The Labute approximate surface area is 146 Å². The van der Waals surface area contributed by atoms with Crippen LogP contribution in [0.1, 0.15) is 27.7 Å². The van der Waals surface area contributed by atoms with Gasteiger partial charge in [0.05, 0.1) is 11.5 Å². The van der Waals surface area contributed by atoms with Gasteiger partial charge in [-0.25, -0.2) is 0 Å². The van der Waals surface area contributed by atoms with Crippen LogP contribution in [0.25, 0.3) is 10.1 Å². The molecule has 0 fully saturated rings. The first-order chi connectivity index (χ1) is 11.6. The Kier molecular flexibility index (Phi) is 4.86. The van der Waals surface area contributed by atoms with Crippen molar-refractivity contribution < 1.29 is 9.53 Å². The number of hydrogen-bond donors (Lipinski definition) is 0. The van der Waals surface area contributed by atoms with Gasteiger partial charge >= 0.3 is 0 Å². The molecule has 0 bridgehead atoms. The lowest BCUT2D eigenvalue weighted by Crippen LogP contribution is -2.25. The molecule has 0 aliphatic rings. The number of hydrogen-bond acceptors (Lipinski definition) is 3. The second-order valence-corrected chi connectivity index (χ2v) is 6.84. The minimum absolute atomic E-state index is 0.0718. The fourth-order valence-corrected chi connectivity index (χ4v) is 3.96. The van der Waals surface area contributed by atoms with Crippen LogP contribution in [0.3, 0.4) is 0 Å². The molecule has 3 nitrogen and oxygen atoms in total. The number of thiophene rings is 1. The first-order valence-electron chi connectivity index (χ1n) is 8.05. The molecule has 0 aliphatic carbocycles. The Morgan fingerprint density at radius 2 is 1.83 bits per heavy atom. The van der Waals surface area contributed by atoms with E-state index in [2.05, 4.69) is 12.1 Å². The monoisotopic (exact) mass is 339 g/mol. The normalized spacial score (nSPS) is 10.8. The van der Waals surface area contributed by atoms with Gasteiger partial charge in [0, 0.05) is 18.3 Å². The zero-order valence-corrected chi connectivity index (χ0v) is 15.0. The van der Waals surface area contributed by atoms with Crippen LogP contribution in [-0.2, 0) is 6.54 Å². The van der Waals surface area contributed by atoms with Crippen molar-refractivity contribution in [2.75, 3.05) is 13.7 Å². The molecule has 0 radical (unpaired) electrons. The molecule has 3 aromatic rings. The maximum absolute atomic E-state index is 12.8. The van der Waals surface area contributed by atoms with E-state index in [1.54, 1.807) is 16.2 Å². The summed E-state index contributed by atoms with van der Waals surface area (Å²) in [6.07, 6.45) is 0. The molecule has 0 aliphatic heterocycles. The van der Waals surface area contributed by atoms with E-state index in [1.165, 1.54) is 5.39 Å². The smallest absolute Gasteiger partial charge is 0.264 e. The molecular weight excluding hydrogens is 318 g/mol. The van der Waals surface area contributed by atoms with Gasteiger partial charge < -0.3 is 9.64 Å². The number of amides is 1. The van der Waals surface area contributed by atoms with E-state index in [-0.39, 0.29) is 5.91 Å². The molecular formula is C20H21NO2S. The standard InChI is InChI=1S/C20H21NO2S/c1-4-23-16-11-9-15(10-12-16)13-21(3)20(22)19-14(2)17-7-5-6-8-18(17)24-19/h5-12H,4,13H2,1-3H3. The second-order valence-electron chi connectivity index (χ2n) is 5.79. The van der Waals surface area contributed by atoms with E-state index in [1.807, 2.05) is 57.3 Å². The van der Waals surface area contributed by atoms with Gasteiger partial charge in [-0.05, 0) is 48.6 Å². The molecule has 124 valence electrons. The molecule has 2 aromatic carbocycles. The highest BCUT2D eigenvalue weighted by molar-refractivity contribution is 7.21. The zero-order chi connectivity index (χ0) is 17.1. The minimum atomic E-state index is 0.0718. The molecule has 1 aromatic heterocycles. The summed E-state index contributed by atoms with van der Waals surface area (Å²) in [5.74, 6) is 0.929. The summed E-state index contributed by atoms with van der Waals surface area (Å²) in [7, 11) is 1.85. The fourth-order valence-electron chi connectivity index (χ4n) is 2.76. The summed E-state index contributed by atoms with van der Waals surface area (Å²) in [4.78, 5) is 15.4. The van der Waals surface area contributed by atoms with Crippen molar-refractivity contribution in [3.63, 3.8) is 0 Å². The van der Waals surface area contributed by atoms with Gasteiger partial charge in [-0.2, -0.15) is 0 Å². The van der Waals surface area contributed by atoms with Crippen LogP contribution in [0.15, 0.2) is 48.5 Å². The lowest BCUT2D eigenvalue weighted by molar-refractivity contribution is 0.0789. The van der Waals surface area contributed by atoms with Gasteiger partial charge in [0.1, 0.15) is 5.75 Å². The summed E-state index contributed by atoms with van der Waals surface area (Å²) in [6.45, 7) is 5.23. The Bertz CT molecular complexity index is 852. The molecule has 0 saturated carbocycles. The second kappa shape index (κ2) is 7.05. The van der Waals surface area contributed by atoms with Crippen molar-refractivity contribution in [3.05, 3.63) is 64.5 Å². The largest absolute Gasteiger partial charge is 0.494 e. The molecule has 0 saturated heterocycles. The van der Waals surface area contributed by atoms with Crippen molar-refractivity contribution in [2.24, 2.45) is 0 Å². The maximum atomic E-state index is 12.8. The van der Waals surface area contributed by atoms with Crippen LogP contribution in [-0.4, -0.2) is 24.5 Å². The van der Waals surface area contributed by atoms with Gasteiger partial charge in [-0.15, -0.1) is 11.3 Å². The summed E-state index contributed by atoms with van der Waals surface area (Å²) in [5.41, 5.74) is 2.16. The molecule has 1 amide bonds. The van der Waals surface area contributed by atoms with Crippen LogP contribution in [0.5, 0.6) is 5.75 Å². The van der Waals surface area contributed by atoms with Gasteiger partial charge in [0.2, 0.25) is 0 Å². The maximum Gasteiger partial charge on any atom is 0.264 e. The van der Waals surface area contributed by atoms with Gasteiger partial charge in [-0.1, -0.05) is 30.3 Å². The Hall–Kier alpha value is -2.33. The Balaban J connectivity index is 1.77. The van der Waals surface area contributed by atoms with Crippen molar-refractivity contribution in [1.29, 1.82) is 0 Å². The summed E-state index contributed by atoms with van der Waals surface area (Å²) < 4.78 is 6.61. The molecule has 0 spiro atoms. The van der Waals surface area contributed by atoms with Crippen molar-refractivity contribution in [2.45, 2.75) is 20.4 Å². The molecule has 0 N–H and O–H groups in total. The van der Waals surface area contributed by atoms with E-state index < -0.39 is 0 Å². The zero-order valence-electron chi connectivity index (χ0n) is 14.2. The van der Waals surface area contributed by atoms with Crippen molar-refractivity contribution >= 4 is 27.3 Å². The predicted molar refractivity (Wildman–Crippen MR) is 100.0 cm³/mol. The highest BCUT2D eigenvalue weighted by atomic mass is 32.1. The first-order valence-corrected chi connectivity index (χ1v) is 8.87. The number of rotatable bonds is 5. The van der Waals surface area contributed by atoms with Gasteiger partial charge in [-0.3, -0.25) is 4.79 Å². The van der Waals surface area contributed by atoms with E-state index in [4.69, 9.17) is 4.74 Å². The predicted octanol–water partition coefficient (Wildman–Crippen LogP) is 4.88. The fraction of sp³-hybridized carbons (Fsp3) is 0.250. The number of ether oxygens (including phenoxy) is 1. The number of aryl methyl sites for hydroxylation is 1. The SMILES string of the molecule is CCOc1ccc(CN(C)C(=O)c2sc3ccccc3c2C)cc1. The number of nitrogens with zero attached hydrogens (tertiary/aromatic N) is 1. The molecule has 1 heterocycles. The number of carbonyl (C=O) groups excluding carboxylic acids is 1. The lowest BCUT2D eigenvalue weighted by atomic mass is 10.1. The average Bonchev–Trinajstić information content (AvgIpc) is 2.93. The Morgan fingerprint density at radius 3 is 2.50 bits per heavy atom. The van der Waals surface area contributed by atoms with Crippen LogP contribution in [0.4, 0.5) is 0 Å². The summed E-state index contributed by atoms with van der Waals surface area (Å²) in [6, 6.07) is 16.1. The molecule has 0 unspecified atom stereocenters. The van der Waals surface area contributed by atoms with Crippen molar-refractivity contribution in [1.82, 2.24) is 4.90 Å². The number of fused-ring (bicyclic) bond motifs is 1. The van der Waals surface area contributed by atoms with Crippen LogP contribution >= 0.6 is 11.3 Å². The highest BCUT2D eigenvalue weighted by Gasteiger charge is 2.18. The Morgan fingerprint density at radius 1 is 1.12 bits per heavy atom. The summed E-state index contributed by atoms with van der Waals surface area (Å²) in [5, 5.41) is 1.17. The third-order valence-electron chi connectivity index (χ3n) is 4.04. The highest BCUT2D eigenvalue weighted by Crippen LogP contribution is 2.31. The quantitative estimate of drug-likeness (QED) is 0.663.